The number of ether oxygens (including phenoxy) is 1. The molecule has 0 unspecified atom stereocenters. The van der Waals surface area contributed by atoms with Crippen molar-refractivity contribution in [1.82, 2.24) is 0 Å². The zero-order valence-electron chi connectivity index (χ0n) is 13.1. The number of ketones is 1. The molecule has 5 N–H and O–H groups in total. The first kappa shape index (κ1) is 23.2. The maximum absolute atomic E-state index is 10.5. The van der Waals surface area contributed by atoms with E-state index >= 15 is 0 Å². The van der Waals surface area contributed by atoms with Crippen molar-refractivity contribution < 1.29 is 39.9 Å². The third-order valence-electron chi connectivity index (χ3n) is 2.69. The first-order valence-electron chi connectivity index (χ1n) is 7.23. The average molecular weight is 324 g/mol. The lowest BCUT2D eigenvalue weighted by atomic mass is 10.1. The van der Waals surface area contributed by atoms with Gasteiger partial charge in [-0.2, -0.15) is 0 Å². The summed E-state index contributed by atoms with van der Waals surface area (Å²) in [6.07, 6.45) is -0.583. The summed E-state index contributed by atoms with van der Waals surface area (Å²) in [6.45, 7) is 2.51. The average Bonchev–Trinajstić information content (AvgIpc) is 2.51. The highest BCUT2D eigenvalue weighted by atomic mass is 16.5. The van der Waals surface area contributed by atoms with Gasteiger partial charge in [0.1, 0.15) is 24.9 Å². The molecular weight excluding hydrogens is 296 g/mol. The van der Waals surface area contributed by atoms with Crippen LogP contribution < -0.4 is 0 Å². The van der Waals surface area contributed by atoms with Gasteiger partial charge in [-0.15, -0.1) is 0 Å². The van der Waals surface area contributed by atoms with E-state index in [1.54, 1.807) is 0 Å². The van der Waals surface area contributed by atoms with Crippen LogP contribution in [-0.2, 0) is 14.3 Å². The minimum Gasteiger partial charge on any atom is -0.466 e. The number of unbranched alkanes of at least 4 members (excludes halogenated alkanes) is 3. The Balaban J connectivity index is 0. The molecule has 0 saturated carbocycles. The molecule has 0 aliphatic rings. The molecule has 0 aromatic rings. The van der Waals surface area contributed by atoms with Gasteiger partial charge in [0.25, 0.3) is 0 Å². The van der Waals surface area contributed by atoms with Crippen molar-refractivity contribution in [3.05, 3.63) is 0 Å². The van der Waals surface area contributed by atoms with Crippen LogP contribution >= 0.6 is 0 Å². The minimum atomic E-state index is -1.86. The lowest BCUT2D eigenvalue weighted by molar-refractivity contribution is -0.143. The minimum absolute atomic E-state index is 0.170. The Hall–Kier alpha value is -1.06. The van der Waals surface area contributed by atoms with Gasteiger partial charge in [-0.1, -0.05) is 26.2 Å². The first-order chi connectivity index (χ1) is 10.3. The number of rotatable bonds is 10. The number of hydrogen-bond donors (Lipinski definition) is 5. The van der Waals surface area contributed by atoms with Crippen LogP contribution in [0.25, 0.3) is 0 Å². The molecule has 0 aliphatic carbocycles. The SMILES string of the molecule is CCCCCCOC(C)=O.O=C(CO)[C@H](O)[C@@H](O)[C@H](O)CO. The Labute approximate surface area is 130 Å². The van der Waals surface area contributed by atoms with E-state index in [1.807, 2.05) is 0 Å². The van der Waals surface area contributed by atoms with E-state index in [-0.39, 0.29) is 5.97 Å². The van der Waals surface area contributed by atoms with Crippen molar-refractivity contribution in [2.24, 2.45) is 0 Å². The Morgan fingerprint density at radius 1 is 1.05 bits per heavy atom. The van der Waals surface area contributed by atoms with Gasteiger partial charge in [-0.05, 0) is 6.42 Å². The summed E-state index contributed by atoms with van der Waals surface area (Å²) in [4.78, 5) is 20.8. The molecule has 0 rings (SSSR count). The fourth-order valence-corrected chi connectivity index (χ4v) is 1.35. The number of aliphatic hydroxyl groups excluding tert-OH is 5. The molecule has 0 fully saturated rings. The van der Waals surface area contributed by atoms with Gasteiger partial charge >= 0.3 is 5.97 Å². The number of esters is 1. The molecule has 0 aliphatic heterocycles. The second-order valence-electron chi connectivity index (χ2n) is 4.71. The molecule has 0 aromatic heterocycles. The Morgan fingerprint density at radius 3 is 2.05 bits per heavy atom. The number of carbonyl (C=O) groups excluding carboxylic acids is 2. The zero-order chi connectivity index (χ0) is 17.5. The highest BCUT2D eigenvalue weighted by Crippen LogP contribution is 2.00. The summed E-state index contributed by atoms with van der Waals surface area (Å²) >= 11 is 0. The standard InChI is InChI=1S/C8H16O2.C6H12O6/c1-3-4-5-6-7-10-8(2)9;7-1-3(9)5(11)6(12)4(10)2-8/h3-7H2,1-2H3;3,5-9,11-12H,1-2H2/t;3-,5+,6+/m.1/s1. The topological polar surface area (TPSA) is 145 Å². The second-order valence-corrected chi connectivity index (χ2v) is 4.71. The molecule has 3 atom stereocenters. The van der Waals surface area contributed by atoms with E-state index in [0.29, 0.717) is 6.61 Å². The van der Waals surface area contributed by atoms with Gasteiger partial charge < -0.3 is 30.3 Å². The fraction of sp³-hybridized carbons (Fsp3) is 0.857. The van der Waals surface area contributed by atoms with Crippen LogP contribution in [0.2, 0.25) is 0 Å². The summed E-state index contributed by atoms with van der Waals surface area (Å²) in [5.41, 5.74) is 0. The van der Waals surface area contributed by atoms with E-state index in [0.717, 1.165) is 6.42 Å². The smallest absolute Gasteiger partial charge is 0.302 e. The van der Waals surface area contributed by atoms with Gasteiger partial charge in [0, 0.05) is 6.92 Å². The largest absolute Gasteiger partial charge is 0.466 e. The third-order valence-corrected chi connectivity index (χ3v) is 2.69. The van der Waals surface area contributed by atoms with Gasteiger partial charge in [0.05, 0.1) is 13.2 Å². The van der Waals surface area contributed by atoms with Crippen molar-refractivity contribution in [2.75, 3.05) is 19.8 Å². The summed E-state index contributed by atoms with van der Waals surface area (Å²) < 4.78 is 4.75. The van der Waals surface area contributed by atoms with Crippen LogP contribution in [0.1, 0.15) is 39.5 Å². The Morgan fingerprint density at radius 2 is 1.64 bits per heavy atom. The summed E-state index contributed by atoms with van der Waals surface area (Å²) in [7, 11) is 0. The quantitative estimate of drug-likeness (QED) is 0.248. The first-order valence-corrected chi connectivity index (χ1v) is 7.23. The molecule has 0 bridgehead atoms. The van der Waals surface area contributed by atoms with E-state index < -0.39 is 37.3 Å². The van der Waals surface area contributed by atoms with Crippen molar-refractivity contribution in [2.45, 2.75) is 57.8 Å². The molecule has 132 valence electrons. The third kappa shape index (κ3) is 12.7. The van der Waals surface area contributed by atoms with Crippen LogP contribution in [0.5, 0.6) is 0 Å². The van der Waals surface area contributed by atoms with E-state index in [2.05, 4.69) is 6.92 Å². The predicted molar refractivity (Wildman–Crippen MR) is 78.0 cm³/mol. The monoisotopic (exact) mass is 324 g/mol. The van der Waals surface area contributed by atoms with Crippen molar-refractivity contribution in [3.63, 3.8) is 0 Å². The van der Waals surface area contributed by atoms with Crippen molar-refractivity contribution in [1.29, 1.82) is 0 Å². The maximum Gasteiger partial charge on any atom is 0.302 e. The highest BCUT2D eigenvalue weighted by Gasteiger charge is 2.28. The molecule has 8 nitrogen and oxygen atoms in total. The van der Waals surface area contributed by atoms with Crippen molar-refractivity contribution in [3.8, 4) is 0 Å². The lowest BCUT2D eigenvalue weighted by Crippen LogP contribution is -2.44. The van der Waals surface area contributed by atoms with Crippen molar-refractivity contribution >= 4 is 11.8 Å². The molecule has 0 radical (unpaired) electrons. The summed E-state index contributed by atoms with van der Waals surface area (Å²) in [5, 5.41) is 43.1. The number of Topliss-reactive ketones (excluding diaryl/α,β-unsaturated/α-hetero) is 1. The van der Waals surface area contributed by atoms with Crippen LogP contribution in [0.4, 0.5) is 0 Å². The van der Waals surface area contributed by atoms with Crippen LogP contribution in [0, 0.1) is 0 Å². The number of hydrogen-bond acceptors (Lipinski definition) is 8. The predicted octanol–water partition coefficient (Wildman–Crippen LogP) is -1.25. The van der Waals surface area contributed by atoms with E-state index in [9.17, 15) is 9.59 Å². The molecule has 0 saturated heterocycles. The van der Waals surface area contributed by atoms with Crippen LogP contribution in [0.3, 0.4) is 0 Å². The molecule has 8 heteroatoms. The van der Waals surface area contributed by atoms with Crippen LogP contribution in [-0.4, -0.2) is 75.4 Å². The molecule has 0 heterocycles. The maximum atomic E-state index is 10.5. The number of carbonyl (C=O) groups is 2. The number of aliphatic hydroxyl groups is 5. The Kier molecular flexibility index (Phi) is 15.7. The van der Waals surface area contributed by atoms with E-state index in [1.165, 1.54) is 26.2 Å². The van der Waals surface area contributed by atoms with Gasteiger partial charge in [0.15, 0.2) is 5.78 Å². The van der Waals surface area contributed by atoms with Gasteiger partial charge in [0.2, 0.25) is 0 Å². The van der Waals surface area contributed by atoms with Crippen LogP contribution in [0.15, 0.2) is 0 Å². The molecule has 22 heavy (non-hydrogen) atoms. The zero-order valence-corrected chi connectivity index (χ0v) is 13.1. The van der Waals surface area contributed by atoms with E-state index in [4.69, 9.17) is 30.3 Å². The molecule has 0 aromatic carbocycles. The highest BCUT2D eigenvalue weighted by molar-refractivity contribution is 5.84. The molecule has 0 amide bonds. The second kappa shape index (κ2) is 14.9. The normalized spacial score (nSPS) is 14.3. The lowest BCUT2D eigenvalue weighted by Gasteiger charge is -2.19. The summed E-state index contributed by atoms with van der Waals surface area (Å²) in [6, 6.07) is 0. The molecular formula is C14H28O8. The summed E-state index contributed by atoms with van der Waals surface area (Å²) in [5.74, 6) is -1.17. The van der Waals surface area contributed by atoms with Gasteiger partial charge in [-0.25, -0.2) is 0 Å². The molecule has 0 spiro atoms. The van der Waals surface area contributed by atoms with Gasteiger partial charge in [-0.3, -0.25) is 9.59 Å². The fourth-order valence-electron chi connectivity index (χ4n) is 1.35. The Bertz CT molecular complexity index is 295.